The fraction of sp³-hybridized carbons (Fsp3) is 0.125. The quantitative estimate of drug-likeness (QED) is 0.259. The average molecular weight is 507 g/mol. The molecule has 1 heterocycles. The third-order valence-electron chi connectivity index (χ3n) is 6.63. The maximum Gasteiger partial charge on any atom is 0.255 e. The first-order valence-electron chi connectivity index (χ1n) is 12.4. The van der Waals surface area contributed by atoms with Crippen LogP contribution in [0.5, 0.6) is 0 Å². The summed E-state index contributed by atoms with van der Waals surface area (Å²) in [6.07, 6.45) is 0. The molecule has 1 aromatic heterocycles. The lowest BCUT2D eigenvalue weighted by atomic mass is 9.98. The monoisotopic (exact) mass is 506 g/mol. The van der Waals surface area contributed by atoms with E-state index < -0.39 is 0 Å². The van der Waals surface area contributed by atoms with Gasteiger partial charge < -0.3 is 15.1 Å². The second kappa shape index (κ2) is 10.3. The van der Waals surface area contributed by atoms with Gasteiger partial charge in [-0.1, -0.05) is 48.0 Å². The first kappa shape index (κ1) is 25.0. The van der Waals surface area contributed by atoms with E-state index >= 15 is 0 Å². The smallest absolute Gasteiger partial charge is 0.255 e. The lowest BCUT2D eigenvalue weighted by Crippen LogP contribution is -2.26. The van der Waals surface area contributed by atoms with Crippen LogP contribution in [0.25, 0.3) is 33.4 Å². The molecule has 190 valence electrons. The van der Waals surface area contributed by atoms with Gasteiger partial charge in [0.15, 0.2) is 0 Å². The minimum absolute atomic E-state index is 0.144. The number of benzene rings is 4. The fourth-order valence-corrected chi connectivity index (χ4v) is 4.49. The Bertz CT molecular complexity index is 1640. The maximum atomic E-state index is 13.5. The molecule has 0 radical (unpaired) electrons. The van der Waals surface area contributed by atoms with Crippen LogP contribution in [0, 0.1) is 12.7 Å². The van der Waals surface area contributed by atoms with Gasteiger partial charge in [-0.25, -0.2) is 4.39 Å². The highest BCUT2D eigenvalue weighted by Crippen LogP contribution is 2.36. The first-order valence-corrected chi connectivity index (χ1v) is 12.4. The number of furan rings is 1. The van der Waals surface area contributed by atoms with E-state index in [9.17, 15) is 14.0 Å². The lowest BCUT2D eigenvalue weighted by Gasteiger charge is -2.15. The van der Waals surface area contributed by atoms with Gasteiger partial charge in [-0.05, 0) is 79.1 Å². The van der Waals surface area contributed by atoms with E-state index in [0.29, 0.717) is 33.4 Å². The zero-order valence-corrected chi connectivity index (χ0v) is 21.3. The van der Waals surface area contributed by atoms with Crippen LogP contribution in [0.1, 0.15) is 44.8 Å². The summed E-state index contributed by atoms with van der Waals surface area (Å²) < 4.78 is 19.5. The average Bonchev–Trinajstić information content (AvgIpc) is 3.32. The number of carbonyl (C=O) groups is 2. The van der Waals surface area contributed by atoms with E-state index in [4.69, 9.17) is 4.42 Å². The van der Waals surface area contributed by atoms with Gasteiger partial charge in [-0.2, -0.15) is 0 Å². The van der Waals surface area contributed by atoms with Gasteiger partial charge in [0, 0.05) is 23.6 Å². The molecule has 6 heteroatoms. The zero-order valence-electron chi connectivity index (χ0n) is 21.3. The molecule has 5 nitrogen and oxygen atoms in total. The van der Waals surface area contributed by atoms with Crippen LogP contribution in [-0.4, -0.2) is 18.9 Å². The molecule has 0 saturated carbocycles. The Balaban J connectivity index is 1.49. The van der Waals surface area contributed by atoms with E-state index in [1.165, 1.54) is 17.7 Å². The van der Waals surface area contributed by atoms with Crippen LogP contribution in [0.4, 0.5) is 4.39 Å². The molecular weight excluding hydrogens is 479 g/mol. The number of hydrogen-bond acceptors (Lipinski definition) is 3. The highest BCUT2D eigenvalue weighted by atomic mass is 19.1. The van der Waals surface area contributed by atoms with E-state index in [1.54, 1.807) is 31.3 Å². The van der Waals surface area contributed by atoms with Crippen molar-refractivity contribution in [1.82, 2.24) is 10.6 Å². The Morgan fingerprint density at radius 3 is 2.21 bits per heavy atom. The summed E-state index contributed by atoms with van der Waals surface area (Å²) in [6, 6.07) is 26.7. The van der Waals surface area contributed by atoms with Crippen molar-refractivity contribution >= 4 is 22.8 Å². The Morgan fingerprint density at radius 2 is 1.50 bits per heavy atom. The van der Waals surface area contributed by atoms with Gasteiger partial charge in [-0.3, -0.25) is 9.59 Å². The minimum atomic E-state index is -0.370. The van der Waals surface area contributed by atoms with Gasteiger partial charge in [-0.15, -0.1) is 0 Å². The number of aryl methyl sites for hydroxylation is 1. The number of hydrogen-bond donors (Lipinski definition) is 2. The van der Waals surface area contributed by atoms with Crippen molar-refractivity contribution in [3.63, 3.8) is 0 Å². The molecular formula is C32H27FN2O3. The Kier molecular flexibility index (Phi) is 6.79. The number of halogens is 1. The highest BCUT2D eigenvalue weighted by Gasteiger charge is 2.22. The summed E-state index contributed by atoms with van der Waals surface area (Å²) in [5, 5.41) is 6.37. The predicted octanol–water partition coefficient (Wildman–Crippen LogP) is 7.06. The van der Waals surface area contributed by atoms with Crippen LogP contribution in [0.15, 0.2) is 95.4 Å². The largest absolute Gasteiger partial charge is 0.455 e. The molecule has 0 spiro atoms. The summed E-state index contributed by atoms with van der Waals surface area (Å²) in [5.74, 6) is -0.479. The van der Waals surface area contributed by atoms with Gasteiger partial charge in [0.25, 0.3) is 11.8 Å². The number of nitrogens with one attached hydrogen (secondary N) is 2. The Labute approximate surface area is 220 Å². The molecule has 0 aliphatic heterocycles. The van der Waals surface area contributed by atoms with Gasteiger partial charge in [0.2, 0.25) is 0 Å². The van der Waals surface area contributed by atoms with Crippen LogP contribution in [0.2, 0.25) is 0 Å². The van der Waals surface area contributed by atoms with Crippen molar-refractivity contribution < 1.29 is 18.4 Å². The van der Waals surface area contributed by atoms with Crippen LogP contribution < -0.4 is 10.6 Å². The molecule has 1 unspecified atom stereocenters. The Morgan fingerprint density at radius 1 is 0.816 bits per heavy atom. The second-order valence-electron chi connectivity index (χ2n) is 9.29. The third-order valence-corrected chi connectivity index (χ3v) is 6.63. The van der Waals surface area contributed by atoms with Crippen molar-refractivity contribution in [2.75, 3.05) is 7.05 Å². The number of amides is 2. The van der Waals surface area contributed by atoms with Gasteiger partial charge in [0.05, 0.1) is 11.6 Å². The van der Waals surface area contributed by atoms with E-state index in [2.05, 4.69) is 10.6 Å². The molecule has 0 fully saturated rings. The standard InChI is InChI=1S/C32H27FN2O3/c1-19-7-9-21(10-8-19)20(2)35-31(36)25-6-4-5-23(17-25)24-13-16-28-27(18-24)29(32(37)34-3)30(38-28)22-11-14-26(33)15-12-22/h4-18,20H,1-3H3,(H,34,37)(H,35,36). The van der Waals surface area contributed by atoms with Crippen LogP contribution >= 0.6 is 0 Å². The predicted molar refractivity (Wildman–Crippen MR) is 147 cm³/mol. The number of rotatable bonds is 6. The molecule has 1 atom stereocenters. The van der Waals surface area contributed by atoms with E-state index in [0.717, 1.165) is 16.7 Å². The SMILES string of the molecule is CNC(=O)c1c(-c2ccc(F)cc2)oc2ccc(-c3cccc(C(=O)NC(C)c4ccc(C)cc4)c3)cc12. The van der Waals surface area contributed by atoms with Crippen molar-refractivity contribution in [2.24, 2.45) is 0 Å². The van der Waals surface area contributed by atoms with Crippen molar-refractivity contribution in [3.05, 3.63) is 119 Å². The molecule has 38 heavy (non-hydrogen) atoms. The first-order chi connectivity index (χ1) is 18.3. The summed E-state index contributed by atoms with van der Waals surface area (Å²) in [6.45, 7) is 3.99. The molecule has 4 aromatic carbocycles. The van der Waals surface area contributed by atoms with Crippen LogP contribution in [0.3, 0.4) is 0 Å². The third kappa shape index (κ3) is 4.93. The fourth-order valence-electron chi connectivity index (χ4n) is 4.49. The molecule has 0 aliphatic carbocycles. The maximum absolute atomic E-state index is 13.5. The van der Waals surface area contributed by atoms with Gasteiger partial charge in [0.1, 0.15) is 17.2 Å². The van der Waals surface area contributed by atoms with Crippen LogP contribution in [-0.2, 0) is 0 Å². The topological polar surface area (TPSA) is 71.3 Å². The van der Waals surface area contributed by atoms with Crippen molar-refractivity contribution in [3.8, 4) is 22.5 Å². The van der Waals surface area contributed by atoms with E-state index in [1.807, 2.05) is 68.4 Å². The van der Waals surface area contributed by atoms with Gasteiger partial charge >= 0.3 is 0 Å². The second-order valence-corrected chi connectivity index (χ2v) is 9.29. The number of fused-ring (bicyclic) bond motifs is 1. The zero-order chi connectivity index (χ0) is 26.8. The summed E-state index contributed by atoms with van der Waals surface area (Å²) in [4.78, 5) is 25.9. The number of carbonyl (C=O) groups excluding carboxylic acids is 2. The molecule has 2 amide bonds. The normalized spacial score (nSPS) is 11.8. The van der Waals surface area contributed by atoms with E-state index in [-0.39, 0.29) is 23.7 Å². The molecule has 0 aliphatic rings. The lowest BCUT2D eigenvalue weighted by molar-refractivity contribution is 0.0937. The highest BCUT2D eigenvalue weighted by molar-refractivity contribution is 6.11. The summed E-state index contributed by atoms with van der Waals surface area (Å²) in [7, 11) is 1.55. The summed E-state index contributed by atoms with van der Waals surface area (Å²) >= 11 is 0. The van der Waals surface area contributed by atoms with Crippen molar-refractivity contribution in [2.45, 2.75) is 19.9 Å². The molecule has 5 rings (SSSR count). The molecule has 5 aromatic rings. The molecule has 0 bridgehead atoms. The summed E-state index contributed by atoms with van der Waals surface area (Å²) in [5.41, 5.74) is 5.90. The van der Waals surface area contributed by atoms with Crippen molar-refractivity contribution in [1.29, 1.82) is 0 Å². The molecule has 0 saturated heterocycles. The Hall–Kier alpha value is -4.71. The molecule has 2 N–H and O–H groups in total. The minimum Gasteiger partial charge on any atom is -0.455 e.